The number of aromatic nitrogens is 1. The van der Waals surface area contributed by atoms with E-state index in [9.17, 15) is 8.42 Å². The quantitative estimate of drug-likeness (QED) is 0.629. The Morgan fingerprint density at radius 1 is 1.45 bits per heavy atom. The molecule has 0 fully saturated rings. The maximum Gasteiger partial charge on any atom is 0.239 e. The minimum Gasteiger partial charge on any atom is -0.352 e. The number of nitrogens with two attached hydrogens (primary N) is 1. The molecule has 0 aliphatic carbocycles. The van der Waals surface area contributed by atoms with Crippen molar-refractivity contribution in [3.63, 3.8) is 0 Å². The first-order valence-electron chi connectivity index (χ1n) is 2.72. The smallest absolute Gasteiger partial charge is 0.239 e. The van der Waals surface area contributed by atoms with Gasteiger partial charge in [0.2, 0.25) is 10.0 Å². The van der Waals surface area contributed by atoms with Gasteiger partial charge in [-0.05, 0) is 12.1 Å². The van der Waals surface area contributed by atoms with E-state index >= 15 is 0 Å². The molecular formula is C5H6N2O2S2. The monoisotopic (exact) mass is 190 g/mol. The fourth-order valence-corrected chi connectivity index (χ4v) is 1.18. The second-order valence-electron chi connectivity index (χ2n) is 1.93. The summed E-state index contributed by atoms with van der Waals surface area (Å²) in [7, 11) is -3.60. The third-order valence-corrected chi connectivity index (χ3v) is 2.25. The van der Waals surface area contributed by atoms with Crippen LogP contribution < -0.4 is 5.14 Å². The molecule has 0 atom stereocenters. The number of sulfonamides is 1. The molecule has 0 bridgehead atoms. The van der Waals surface area contributed by atoms with Gasteiger partial charge in [-0.25, -0.2) is 13.6 Å². The lowest BCUT2D eigenvalue weighted by molar-refractivity contribution is 0.597. The normalized spacial score (nSPS) is 11.4. The number of hydrogen-bond donors (Lipinski definition) is 2. The molecule has 6 heteroatoms. The van der Waals surface area contributed by atoms with E-state index < -0.39 is 10.0 Å². The standard InChI is InChI=1S/C5H6N2O2S2/c6-11(8,9)4-1-2-5(10)7-3-4/h1-3H,(H,7,10)(H2,6,8,9). The SMILES string of the molecule is NS(=O)(=O)c1ccc(=S)[nH]c1. The first kappa shape index (κ1) is 8.38. The summed E-state index contributed by atoms with van der Waals surface area (Å²) < 4.78 is 21.8. The first-order chi connectivity index (χ1) is 5.00. The second kappa shape index (κ2) is 2.72. The lowest BCUT2D eigenvalue weighted by atomic mass is 10.5. The van der Waals surface area contributed by atoms with Crippen LogP contribution in [0.3, 0.4) is 0 Å². The minimum atomic E-state index is -3.60. The first-order valence-corrected chi connectivity index (χ1v) is 4.67. The van der Waals surface area contributed by atoms with Gasteiger partial charge in [0.15, 0.2) is 0 Å². The molecule has 1 rings (SSSR count). The van der Waals surface area contributed by atoms with Crippen molar-refractivity contribution in [2.75, 3.05) is 0 Å². The summed E-state index contributed by atoms with van der Waals surface area (Å²) >= 11 is 4.70. The third-order valence-electron chi connectivity index (χ3n) is 1.08. The van der Waals surface area contributed by atoms with Crippen molar-refractivity contribution >= 4 is 22.2 Å². The van der Waals surface area contributed by atoms with E-state index in [0.29, 0.717) is 4.64 Å². The van der Waals surface area contributed by atoms with Crippen molar-refractivity contribution in [2.45, 2.75) is 4.90 Å². The van der Waals surface area contributed by atoms with Crippen LogP contribution in [0.2, 0.25) is 0 Å². The van der Waals surface area contributed by atoms with Crippen LogP contribution in [0.4, 0.5) is 0 Å². The van der Waals surface area contributed by atoms with Gasteiger partial charge in [0, 0.05) is 6.20 Å². The highest BCUT2D eigenvalue weighted by atomic mass is 32.2. The Morgan fingerprint density at radius 2 is 2.09 bits per heavy atom. The average molecular weight is 190 g/mol. The van der Waals surface area contributed by atoms with Crippen LogP contribution in [-0.2, 0) is 10.0 Å². The Hall–Kier alpha value is -0.720. The molecule has 0 radical (unpaired) electrons. The fourth-order valence-electron chi connectivity index (χ4n) is 0.573. The minimum absolute atomic E-state index is 0.0334. The highest BCUT2D eigenvalue weighted by Crippen LogP contribution is 2.02. The molecule has 0 amide bonds. The van der Waals surface area contributed by atoms with Crippen molar-refractivity contribution in [1.29, 1.82) is 0 Å². The summed E-state index contributed by atoms with van der Waals surface area (Å²) in [6, 6.07) is 2.82. The number of hydrogen-bond acceptors (Lipinski definition) is 3. The van der Waals surface area contributed by atoms with Crippen molar-refractivity contribution in [2.24, 2.45) is 5.14 Å². The largest absolute Gasteiger partial charge is 0.352 e. The summed E-state index contributed by atoms with van der Waals surface area (Å²) in [6.45, 7) is 0. The molecule has 0 saturated heterocycles. The van der Waals surface area contributed by atoms with E-state index in [1.807, 2.05) is 0 Å². The van der Waals surface area contributed by atoms with Crippen LogP contribution in [0.1, 0.15) is 0 Å². The number of nitrogens with one attached hydrogen (secondary N) is 1. The molecule has 4 nitrogen and oxygen atoms in total. The van der Waals surface area contributed by atoms with Gasteiger partial charge in [-0.1, -0.05) is 12.2 Å². The highest BCUT2D eigenvalue weighted by Gasteiger charge is 2.04. The molecule has 1 aromatic rings. The number of primary sulfonamides is 1. The Balaban J connectivity index is 3.31. The number of aromatic amines is 1. The van der Waals surface area contributed by atoms with E-state index in [1.54, 1.807) is 0 Å². The number of pyridine rings is 1. The summed E-state index contributed by atoms with van der Waals surface area (Å²) in [4.78, 5) is 2.60. The zero-order chi connectivity index (χ0) is 8.48. The van der Waals surface area contributed by atoms with Crippen molar-refractivity contribution < 1.29 is 8.42 Å². The molecule has 0 aliphatic rings. The Bertz CT molecular complexity index is 386. The zero-order valence-corrected chi connectivity index (χ0v) is 7.08. The van der Waals surface area contributed by atoms with E-state index in [4.69, 9.17) is 17.4 Å². The molecule has 0 spiro atoms. The van der Waals surface area contributed by atoms with Gasteiger partial charge >= 0.3 is 0 Å². The Morgan fingerprint density at radius 3 is 2.45 bits per heavy atom. The van der Waals surface area contributed by atoms with Gasteiger partial charge in [0.25, 0.3) is 0 Å². The van der Waals surface area contributed by atoms with Crippen LogP contribution in [0.25, 0.3) is 0 Å². The van der Waals surface area contributed by atoms with Gasteiger partial charge in [0.1, 0.15) is 4.64 Å². The maximum absolute atomic E-state index is 10.7. The molecule has 1 heterocycles. The van der Waals surface area contributed by atoms with Crippen LogP contribution in [0.5, 0.6) is 0 Å². The molecule has 0 unspecified atom stereocenters. The van der Waals surface area contributed by atoms with Gasteiger partial charge in [-0.2, -0.15) is 0 Å². The molecule has 0 saturated carbocycles. The van der Waals surface area contributed by atoms with E-state index in [2.05, 4.69) is 4.98 Å². The molecule has 1 aromatic heterocycles. The average Bonchev–Trinajstić information content (AvgIpc) is 1.86. The van der Waals surface area contributed by atoms with Gasteiger partial charge < -0.3 is 4.98 Å². The van der Waals surface area contributed by atoms with Crippen LogP contribution >= 0.6 is 12.2 Å². The summed E-state index contributed by atoms with van der Waals surface area (Å²) in [5.74, 6) is 0. The molecule has 60 valence electrons. The number of H-pyrrole nitrogens is 1. The molecular weight excluding hydrogens is 184 g/mol. The van der Waals surface area contributed by atoms with Crippen molar-refractivity contribution in [3.8, 4) is 0 Å². The Labute approximate surface area is 69.1 Å². The summed E-state index contributed by atoms with van der Waals surface area (Å²) in [5, 5.41) is 4.83. The molecule has 0 aromatic carbocycles. The highest BCUT2D eigenvalue weighted by molar-refractivity contribution is 7.89. The van der Waals surface area contributed by atoms with E-state index in [-0.39, 0.29) is 4.90 Å². The zero-order valence-electron chi connectivity index (χ0n) is 5.44. The van der Waals surface area contributed by atoms with Crippen LogP contribution in [-0.4, -0.2) is 13.4 Å². The third kappa shape index (κ3) is 2.11. The molecule has 0 aliphatic heterocycles. The van der Waals surface area contributed by atoms with E-state index in [0.717, 1.165) is 0 Å². The molecule has 11 heavy (non-hydrogen) atoms. The van der Waals surface area contributed by atoms with Gasteiger partial charge in [-0.3, -0.25) is 0 Å². The van der Waals surface area contributed by atoms with Gasteiger partial charge in [-0.15, -0.1) is 0 Å². The van der Waals surface area contributed by atoms with Gasteiger partial charge in [0.05, 0.1) is 4.90 Å². The summed E-state index contributed by atoms with van der Waals surface area (Å²) in [5.41, 5.74) is 0. The lowest BCUT2D eigenvalue weighted by Crippen LogP contribution is -2.12. The topological polar surface area (TPSA) is 76.0 Å². The second-order valence-corrected chi connectivity index (χ2v) is 3.93. The maximum atomic E-state index is 10.7. The fraction of sp³-hybridized carbons (Fsp3) is 0. The Kier molecular flexibility index (Phi) is 2.08. The molecule has 3 N–H and O–H groups in total. The van der Waals surface area contributed by atoms with E-state index in [1.165, 1.54) is 18.3 Å². The van der Waals surface area contributed by atoms with Crippen LogP contribution in [0, 0.1) is 4.64 Å². The van der Waals surface area contributed by atoms with Crippen LogP contribution in [0.15, 0.2) is 23.2 Å². The number of rotatable bonds is 1. The lowest BCUT2D eigenvalue weighted by Gasteiger charge is -1.94. The predicted octanol–water partition coefficient (Wildman–Crippen LogP) is 0.392. The predicted molar refractivity (Wildman–Crippen MR) is 43.0 cm³/mol. The van der Waals surface area contributed by atoms with Crippen molar-refractivity contribution in [3.05, 3.63) is 23.0 Å². The van der Waals surface area contributed by atoms with Crippen molar-refractivity contribution in [1.82, 2.24) is 4.98 Å². The summed E-state index contributed by atoms with van der Waals surface area (Å²) in [6.07, 6.45) is 1.26.